The molecule has 16 heterocycles. The molecule has 20 rings (SSSR count). The number of fused-ring (bicyclic) bond motifs is 8. The van der Waals surface area contributed by atoms with E-state index in [9.17, 15) is 86.2 Å². The van der Waals surface area contributed by atoms with Gasteiger partial charge in [0.25, 0.3) is 0 Å². The molecule has 16 aromatic rings. The van der Waals surface area contributed by atoms with E-state index in [2.05, 4.69) is 39.9 Å². The summed E-state index contributed by atoms with van der Waals surface area (Å²) in [6.45, 7) is 0.145. The normalized spacial score (nSPS) is 12.3. The van der Waals surface area contributed by atoms with Crippen LogP contribution < -0.4 is 60.8 Å². The molecule has 0 bridgehead atoms. The molecule has 4 aliphatic heterocycles. The lowest BCUT2D eigenvalue weighted by molar-refractivity contribution is -0.137. The van der Waals surface area contributed by atoms with Gasteiger partial charge in [-0.05, 0) is 146 Å². The number of nitrogens with zero attached hydrogens (tertiary/aromatic N) is 11. The summed E-state index contributed by atoms with van der Waals surface area (Å²) in [5.41, 5.74) is 22.7. The predicted molar refractivity (Wildman–Crippen MR) is 492 cm³/mol. The van der Waals surface area contributed by atoms with E-state index in [1.54, 1.807) is 115 Å². The van der Waals surface area contributed by atoms with E-state index in [0.717, 1.165) is 88.8 Å². The summed E-state index contributed by atoms with van der Waals surface area (Å²) in [6.07, 6.45) is -4.77. The smallest absolute Gasteiger partial charge is 0.417 e. The molecule has 12 aromatic heterocycles. The fourth-order valence-electron chi connectivity index (χ4n) is 13.4. The van der Waals surface area contributed by atoms with Crippen molar-refractivity contribution in [2.45, 2.75) is 24.7 Å². The molecule has 4 aliphatic rings. The molecule has 714 valence electrons. The molecule has 0 aliphatic carbocycles. The van der Waals surface area contributed by atoms with Crippen molar-refractivity contribution < 1.29 is 124 Å². The van der Waals surface area contributed by atoms with Crippen molar-refractivity contribution in [2.75, 3.05) is 92.4 Å². The highest BCUT2D eigenvalue weighted by Crippen LogP contribution is 2.51. The first-order valence-corrected chi connectivity index (χ1v) is 43.3. The van der Waals surface area contributed by atoms with Gasteiger partial charge in [0.15, 0.2) is 46.0 Å². The van der Waals surface area contributed by atoms with Crippen LogP contribution in [-0.2, 0) is 39.1 Å². The fourth-order valence-corrected chi connectivity index (χ4v) is 17.7. The van der Waals surface area contributed by atoms with Crippen molar-refractivity contribution in [1.29, 1.82) is 0 Å². The molecular weight excluding hydrogens is 1920 g/mol. The van der Waals surface area contributed by atoms with Crippen LogP contribution in [0.2, 0.25) is 0 Å². The van der Waals surface area contributed by atoms with Crippen LogP contribution in [0.4, 0.5) is 75.4 Å². The average molecular weight is 1990 g/mol. The number of carbonyl (C=O) groups excluding carboxylic acids is 7. The lowest BCUT2D eigenvalue weighted by atomic mass is 10.0. The maximum atomic E-state index is 13.9. The van der Waals surface area contributed by atoms with Crippen molar-refractivity contribution in [3.63, 3.8) is 0 Å². The number of rotatable bonds is 15. The number of halogens is 12. The quantitative estimate of drug-likeness (QED) is 0.0421. The standard InChI is InChI=1S/4C21H12F3N3O3S.3C3H7NO/c4*22-21(23,24)12-8-13(10-3-5-26-6-4-10)27-20-16(12)17(25)19(31-20)18(28)11-1-2-14-15(7-11)30-9-29-14;3*1-4(2)3-5/h4*1-8H,9,25H2;3*3H,1-2H3. The summed E-state index contributed by atoms with van der Waals surface area (Å²) < 4.78 is 208. The molecule has 139 heavy (non-hydrogen) atoms. The van der Waals surface area contributed by atoms with E-state index in [0.29, 0.717) is 68.2 Å². The first kappa shape index (κ1) is 98.8. The Labute approximate surface area is 792 Å². The van der Waals surface area contributed by atoms with Crippen molar-refractivity contribution in [3.05, 3.63) is 259 Å². The zero-order chi connectivity index (χ0) is 99.9. The summed E-state index contributed by atoms with van der Waals surface area (Å²) in [4.78, 5) is 118. The lowest BCUT2D eigenvalue weighted by Gasteiger charge is -2.11. The van der Waals surface area contributed by atoms with Crippen LogP contribution in [-0.4, -0.2) is 166 Å². The van der Waals surface area contributed by atoms with Gasteiger partial charge in [0, 0.05) is 158 Å². The molecule has 46 heteroatoms. The molecule has 0 saturated heterocycles. The molecule has 0 fully saturated rings. The van der Waals surface area contributed by atoms with E-state index < -0.39 is 70.1 Å². The van der Waals surface area contributed by atoms with Crippen LogP contribution in [0, 0.1) is 0 Å². The minimum atomic E-state index is -4.68. The first-order chi connectivity index (χ1) is 66.1. The molecule has 0 radical (unpaired) electrons. The maximum Gasteiger partial charge on any atom is 0.417 e. The highest BCUT2D eigenvalue weighted by atomic mass is 32.1. The first-order valence-electron chi connectivity index (χ1n) is 40.1. The second-order valence-electron chi connectivity index (χ2n) is 30.1. The maximum absolute atomic E-state index is 13.9. The number of aromatic nitrogens is 8. The minimum absolute atomic E-state index is 0.0151. The fraction of sp³-hybridized carbons (Fsp3) is 0.151. The lowest BCUT2D eigenvalue weighted by Crippen LogP contribution is -2.08. The Morgan fingerprint density at radius 3 is 0.626 bits per heavy atom. The van der Waals surface area contributed by atoms with Gasteiger partial charge in [-0.1, -0.05) is 0 Å². The van der Waals surface area contributed by atoms with Crippen LogP contribution in [0.25, 0.3) is 85.9 Å². The number of ketones is 4. The Morgan fingerprint density at radius 2 is 0.460 bits per heavy atom. The summed E-state index contributed by atoms with van der Waals surface area (Å²) >= 11 is 3.30. The topological polar surface area (TPSA) is 410 Å². The van der Waals surface area contributed by atoms with E-state index in [-0.39, 0.29) is 155 Å². The number of ether oxygens (including phenoxy) is 8. The van der Waals surface area contributed by atoms with Crippen molar-refractivity contribution in [3.8, 4) is 91.0 Å². The van der Waals surface area contributed by atoms with Gasteiger partial charge in [0.05, 0.1) is 67.8 Å². The van der Waals surface area contributed by atoms with Crippen LogP contribution in [0.1, 0.15) is 83.2 Å². The number of thiophene rings is 4. The second kappa shape index (κ2) is 41.1. The van der Waals surface area contributed by atoms with Crippen LogP contribution >= 0.6 is 45.3 Å². The average Bonchev–Trinajstić information content (AvgIpc) is 1.62. The molecule has 0 atom stereocenters. The number of benzene rings is 4. The van der Waals surface area contributed by atoms with E-state index >= 15 is 0 Å². The van der Waals surface area contributed by atoms with Gasteiger partial charge in [-0.25, -0.2) is 19.9 Å². The number of nitrogens with two attached hydrogens (primary N) is 4. The SMILES string of the molecule is CN(C)C=O.CN(C)C=O.CN(C)C=O.Nc1c(C(=O)c2ccc3c(c2)OCO3)sc2nc(-c3ccncc3)cc(C(F)(F)F)c12.Nc1c(C(=O)c2ccc3c(c2)OCO3)sc2nc(-c3ccncc3)cc(C(F)(F)F)c12.Nc1c(C(=O)c2ccc3c(c2)OCO3)sc2nc(-c3ccncc3)cc(C(F)(F)F)c12.Nc1c(C(=O)c2ccc3c(c2)OCO3)sc2nc(-c3ccncc3)cc(C(F)(F)F)c12. The Kier molecular flexibility index (Phi) is 29.2. The number of alkyl halides is 12. The van der Waals surface area contributed by atoms with Crippen LogP contribution in [0.3, 0.4) is 0 Å². The number of pyridine rings is 8. The van der Waals surface area contributed by atoms with Gasteiger partial charge in [-0.2, -0.15) is 52.7 Å². The number of anilines is 4. The van der Waals surface area contributed by atoms with Gasteiger partial charge in [-0.3, -0.25) is 53.5 Å². The summed E-state index contributed by atoms with van der Waals surface area (Å²) in [7, 11) is 10.1. The molecule has 0 unspecified atom stereocenters. The van der Waals surface area contributed by atoms with Gasteiger partial charge < -0.3 is 75.5 Å². The van der Waals surface area contributed by atoms with Crippen molar-refractivity contribution in [2.24, 2.45) is 0 Å². The zero-order valence-corrected chi connectivity index (χ0v) is 75.8. The van der Waals surface area contributed by atoms with Gasteiger partial charge in [0.2, 0.25) is 69.5 Å². The number of hydrogen-bond donors (Lipinski definition) is 4. The zero-order valence-electron chi connectivity index (χ0n) is 72.6. The number of amides is 3. The number of hydrogen-bond acceptors (Lipinski definition) is 31. The Balaban J connectivity index is 0.000000140. The molecule has 8 N–H and O–H groups in total. The molecule has 3 amide bonds. The molecule has 0 spiro atoms. The monoisotopic (exact) mass is 1990 g/mol. The largest absolute Gasteiger partial charge is 0.454 e. The van der Waals surface area contributed by atoms with Crippen LogP contribution in [0.15, 0.2) is 195 Å². The van der Waals surface area contributed by atoms with Gasteiger partial charge in [0.1, 0.15) is 38.8 Å². The minimum Gasteiger partial charge on any atom is -0.454 e. The number of carbonyl (C=O) groups is 7. The predicted octanol–water partition coefficient (Wildman–Crippen LogP) is 18.8. The van der Waals surface area contributed by atoms with Crippen molar-refractivity contribution in [1.82, 2.24) is 54.6 Å². The molecular formula is C93H69F12N15O15S4. The number of nitrogen functional groups attached to an aromatic ring is 4. The van der Waals surface area contributed by atoms with Gasteiger partial charge in [-0.15, -0.1) is 45.3 Å². The van der Waals surface area contributed by atoms with Gasteiger partial charge >= 0.3 is 24.7 Å². The molecule has 4 aromatic carbocycles. The summed E-state index contributed by atoms with van der Waals surface area (Å²) in [5.74, 6) is 1.45. The molecule has 30 nitrogen and oxygen atoms in total. The molecule has 0 saturated carbocycles. The highest BCUT2D eigenvalue weighted by molar-refractivity contribution is 7.22. The summed E-state index contributed by atoms with van der Waals surface area (Å²) in [5, 5.41) is -1.11. The summed E-state index contributed by atoms with van der Waals surface area (Å²) in [6, 6.07) is 34.5. The Bertz CT molecular complexity index is 6530. The highest BCUT2D eigenvalue weighted by Gasteiger charge is 2.42. The Hall–Kier alpha value is -16.2. The van der Waals surface area contributed by atoms with E-state index in [1.807, 2.05) is 0 Å². The van der Waals surface area contributed by atoms with E-state index in [4.69, 9.17) is 60.8 Å². The second-order valence-corrected chi connectivity index (χ2v) is 34.0. The van der Waals surface area contributed by atoms with Crippen molar-refractivity contribution >= 4 is 151 Å². The third-order valence-corrected chi connectivity index (χ3v) is 24.3. The van der Waals surface area contributed by atoms with Crippen LogP contribution in [0.5, 0.6) is 46.0 Å². The third-order valence-electron chi connectivity index (χ3n) is 19.9. The third kappa shape index (κ3) is 22.0. The Morgan fingerprint density at radius 1 is 0.288 bits per heavy atom. The van der Waals surface area contributed by atoms with E-state index in [1.165, 1.54) is 113 Å².